The van der Waals surface area contributed by atoms with Gasteiger partial charge in [-0.15, -0.1) is 0 Å². The fourth-order valence-electron chi connectivity index (χ4n) is 1.33. The van der Waals surface area contributed by atoms with E-state index in [0.717, 1.165) is 6.42 Å². The number of hydrogen-bond donors (Lipinski definition) is 1. The van der Waals surface area contributed by atoms with Gasteiger partial charge in [0.25, 0.3) is 0 Å². The Kier molecular flexibility index (Phi) is 2.04. The van der Waals surface area contributed by atoms with Crippen molar-refractivity contribution in [2.45, 2.75) is 19.9 Å². The Morgan fingerprint density at radius 2 is 2.62 bits per heavy atom. The highest BCUT2D eigenvalue weighted by atomic mass is 16.5. The normalized spacial score (nSPS) is 25.6. The lowest BCUT2D eigenvalue weighted by atomic mass is 10.3. The summed E-state index contributed by atoms with van der Waals surface area (Å²) in [5.74, 6) is 1.60. The maximum absolute atomic E-state index is 11.3. The number of nitrogens with zero attached hydrogens (tertiary/aromatic N) is 1. The number of hydrogen-bond acceptors (Lipinski definition) is 3. The summed E-state index contributed by atoms with van der Waals surface area (Å²) < 4.78 is 4.85. The van der Waals surface area contributed by atoms with Crippen LogP contribution in [0.4, 0.5) is 0 Å². The largest absolute Gasteiger partial charge is 0.360 e. The van der Waals surface area contributed by atoms with Gasteiger partial charge in [-0.25, -0.2) is 0 Å². The second-order valence-corrected chi connectivity index (χ2v) is 3.52. The smallest absolute Gasteiger partial charge is 0.223 e. The molecule has 2 rings (SSSR count). The van der Waals surface area contributed by atoms with E-state index < -0.39 is 0 Å². The van der Waals surface area contributed by atoms with Crippen molar-refractivity contribution in [3.8, 4) is 0 Å². The fourth-order valence-corrected chi connectivity index (χ4v) is 1.33. The monoisotopic (exact) mass is 180 g/mol. The van der Waals surface area contributed by atoms with Gasteiger partial charge in [-0.05, 0) is 12.3 Å². The van der Waals surface area contributed by atoms with E-state index in [1.807, 2.05) is 0 Å². The zero-order valence-electron chi connectivity index (χ0n) is 7.49. The molecule has 1 fully saturated rings. The topological polar surface area (TPSA) is 55.1 Å². The number of carbonyl (C=O) groups excluding carboxylic acids is 1. The van der Waals surface area contributed by atoms with Crippen LogP contribution in [0.2, 0.25) is 0 Å². The van der Waals surface area contributed by atoms with Crippen LogP contribution in [0.15, 0.2) is 16.8 Å². The molecular weight excluding hydrogens is 168 g/mol. The third kappa shape index (κ3) is 1.88. The van der Waals surface area contributed by atoms with Crippen LogP contribution < -0.4 is 5.32 Å². The van der Waals surface area contributed by atoms with E-state index in [1.165, 1.54) is 0 Å². The molecule has 1 saturated carbocycles. The first-order valence-corrected chi connectivity index (χ1v) is 4.44. The molecule has 1 aromatic heterocycles. The SMILES string of the molecule is C[C@@H]1C[C@H]1C(=O)NCc1ccno1. The first-order chi connectivity index (χ1) is 6.27. The highest BCUT2D eigenvalue weighted by Gasteiger charge is 2.38. The Morgan fingerprint density at radius 1 is 1.85 bits per heavy atom. The van der Waals surface area contributed by atoms with Crippen LogP contribution in [-0.4, -0.2) is 11.1 Å². The maximum Gasteiger partial charge on any atom is 0.223 e. The summed E-state index contributed by atoms with van der Waals surface area (Å²) in [6.45, 7) is 2.53. The highest BCUT2D eigenvalue weighted by Crippen LogP contribution is 2.37. The lowest BCUT2D eigenvalue weighted by Gasteiger charge is -1.99. The molecule has 70 valence electrons. The summed E-state index contributed by atoms with van der Waals surface area (Å²) in [5.41, 5.74) is 0. The summed E-state index contributed by atoms with van der Waals surface area (Å²) >= 11 is 0. The van der Waals surface area contributed by atoms with E-state index in [4.69, 9.17) is 4.52 Å². The Bertz CT molecular complexity index is 295. The Morgan fingerprint density at radius 3 is 3.15 bits per heavy atom. The third-order valence-electron chi connectivity index (χ3n) is 2.37. The summed E-state index contributed by atoms with van der Waals surface area (Å²) in [7, 11) is 0. The average molecular weight is 180 g/mol. The van der Waals surface area contributed by atoms with Gasteiger partial charge in [-0.2, -0.15) is 0 Å². The molecule has 1 aliphatic carbocycles. The predicted molar refractivity (Wildman–Crippen MR) is 45.6 cm³/mol. The molecule has 1 aromatic rings. The van der Waals surface area contributed by atoms with Crippen LogP contribution >= 0.6 is 0 Å². The predicted octanol–water partition coefficient (Wildman–Crippen LogP) is 0.947. The van der Waals surface area contributed by atoms with Crippen molar-refractivity contribution >= 4 is 5.91 Å². The zero-order chi connectivity index (χ0) is 9.26. The first-order valence-electron chi connectivity index (χ1n) is 4.44. The van der Waals surface area contributed by atoms with Crippen LogP contribution in [0.5, 0.6) is 0 Å². The minimum absolute atomic E-state index is 0.129. The van der Waals surface area contributed by atoms with Crippen LogP contribution in [0.1, 0.15) is 19.1 Å². The number of rotatable bonds is 3. The van der Waals surface area contributed by atoms with E-state index in [-0.39, 0.29) is 11.8 Å². The Labute approximate surface area is 76.3 Å². The summed E-state index contributed by atoms with van der Waals surface area (Å²) in [4.78, 5) is 11.3. The van der Waals surface area contributed by atoms with Gasteiger partial charge in [0.05, 0.1) is 12.7 Å². The van der Waals surface area contributed by atoms with Crippen LogP contribution in [0, 0.1) is 11.8 Å². The molecule has 13 heavy (non-hydrogen) atoms. The average Bonchev–Trinajstić information content (AvgIpc) is 2.68. The molecule has 1 N–H and O–H groups in total. The molecule has 0 aliphatic heterocycles. The number of aromatic nitrogens is 1. The second-order valence-electron chi connectivity index (χ2n) is 3.52. The van der Waals surface area contributed by atoms with E-state index in [0.29, 0.717) is 18.2 Å². The molecule has 0 spiro atoms. The van der Waals surface area contributed by atoms with Gasteiger partial charge in [-0.1, -0.05) is 12.1 Å². The summed E-state index contributed by atoms with van der Waals surface area (Å²) in [6.07, 6.45) is 2.59. The third-order valence-corrected chi connectivity index (χ3v) is 2.37. The number of carbonyl (C=O) groups is 1. The van der Waals surface area contributed by atoms with Crippen molar-refractivity contribution < 1.29 is 9.32 Å². The number of nitrogens with one attached hydrogen (secondary N) is 1. The Balaban J connectivity index is 1.77. The zero-order valence-corrected chi connectivity index (χ0v) is 7.49. The molecule has 4 nitrogen and oxygen atoms in total. The summed E-state index contributed by atoms with van der Waals surface area (Å²) in [6, 6.07) is 1.75. The van der Waals surface area contributed by atoms with Crippen LogP contribution in [0.25, 0.3) is 0 Å². The van der Waals surface area contributed by atoms with Crippen molar-refractivity contribution in [2.75, 3.05) is 0 Å². The van der Waals surface area contributed by atoms with Crippen molar-refractivity contribution in [2.24, 2.45) is 11.8 Å². The van der Waals surface area contributed by atoms with E-state index >= 15 is 0 Å². The molecule has 2 atom stereocenters. The van der Waals surface area contributed by atoms with Gasteiger partial charge in [0.15, 0.2) is 5.76 Å². The molecule has 1 heterocycles. The molecule has 0 bridgehead atoms. The molecule has 0 unspecified atom stereocenters. The van der Waals surface area contributed by atoms with Gasteiger partial charge < -0.3 is 9.84 Å². The second kappa shape index (κ2) is 3.20. The van der Waals surface area contributed by atoms with Gasteiger partial charge in [-0.3, -0.25) is 4.79 Å². The minimum atomic E-state index is 0.129. The highest BCUT2D eigenvalue weighted by molar-refractivity contribution is 5.81. The molecule has 0 saturated heterocycles. The van der Waals surface area contributed by atoms with Crippen molar-refractivity contribution in [1.82, 2.24) is 10.5 Å². The summed E-state index contributed by atoms with van der Waals surface area (Å²) in [5, 5.41) is 6.35. The van der Waals surface area contributed by atoms with Crippen LogP contribution in [-0.2, 0) is 11.3 Å². The minimum Gasteiger partial charge on any atom is -0.360 e. The molecular formula is C9H12N2O2. The van der Waals surface area contributed by atoms with Gasteiger partial charge in [0, 0.05) is 12.0 Å². The first kappa shape index (κ1) is 8.29. The maximum atomic E-state index is 11.3. The molecule has 4 heteroatoms. The molecule has 1 aliphatic rings. The standard InChI is InChI=1S/C9H12N2O2/c1-6-4-8(6)9(12)10-5-7-2-3-11-13-7/h2-3,6,8H,4-5H2,1H3,(H,10,12)/t6-,8-/m1/s1. The van der Waals surface area contributed by atoms with Gasteiger partial charge in [0.2, 0.25) is 5.91 Å². The lowest BCUT2D eigenvalue weighted by Crippen LogP contribution is -2.24. The van der Waals surface area contributed by atoms with E-state index in [2.05, 4.69) is 17.4 Å². The quantitative estimate of drug-likeness (QED) is 0.753. The van der Waals surface area contributed by atoms with Crippen LogP contribution in [0.3, 0.4) is 0 Å². The van der Waals surface area contributed by atoms with Crippen molar-refractivity contribution in [1.29, 1.82) is 0 Å². The van der Waals surface area contributed by atoms with Crippen molar-refractivity contribution in [3.63, 3.8) is 0 Å². The number of amides is 1. The lowest BCUT2D eigenvalue weighted by molar-refractivity contribution is -0.122. The molecule has 0 radical (unpaired) electrons. The van der Waals surface area contributed by atoms with E-state index in [1.54, 1.807) is 12.3 Å². The fraction of sp³-hybridized carbons (Fsp3) is 0.556. The molecule has 0 aromatic carbocycles. The van der Waals surface area contributed by atoms with Crippen molar-refractivity contribution in [3.05, 3.63) is 18.0 Å². The molecule has 1 amide bonds. The van der Waals surface area contributed by atoms with Gasteiger partial charge >= 0.3 is 0 Å². The van der Waals surface area contributed by atoms with E-state index in [9.17, 15) is 4.79 Å². The van der Waals surface area contributed by atoms with Gasteiger partial charge in [0.1, 0.15) is 0 Å². The Hall–Kier alpha value is -1.32.